The predicted molar refractivity (Wildman–Crippen MR) is 95.2 cm³/mol. The average Bonchev–Trinajstić information content (AvgIpc) is 3.03. The van der Waals surface area contributed by atoms with Gasteiger partial charge in [-0.15, -0.1) is 0 Å². The van der Waals surface area contributed by atoms with Crippen LogP contribution >= 0.6 is 0 Å². The van der Waals surface area contributed by atoms with Crippen molar-refractivity contribution in [2.75, 3.05) is 18.0 Å². The number of nitrogens with two attached hydrogens (primary N) is 1. The second-order valence-corrected chi connectivity index (χ2v) is 6.66. The number of aromatic nitrogens is 4. The van der Waals surface area contributed by atoms with Gasteiger partial charge in [0.1, 0.15) is 29.4 Å². The van der Waals surface area contributed by atoms with Crippen molar-refractivity contribution in [1.82, 2.24) is 19.5 Å². The summed E-state index contributed by atoms with van der Waals surface area (Å²) >= 11 is 0. The molecule has 3 aromatic rings. The van der Waals surface area contributed by atoms with E-state index in [9.17, 15) is 18.4 Å². The van der Waals surface area contributed by atoms with Crippen LogP contribution in [0.1, 0.15) is 17.8 Å². The number of nitrogens with zero attached hydrogens (tertiary/aromatic N) is 6. The van der Waals surface area contributed by atoms with Gasteiger partial charge < -0.3 is 15.2 Å². The minimum absolute atomic E-state index is 0.0746. The zero-order valence-corrected chi connectivity index (χ0v) is 14.7. The first-order valence-electron chi connectivity index (χ1n) is 8.67. The number of hydrogen-bond acceptors (Lipinski definition) is 6. The third-order valence-electron chi connectivity index (χ3n) is 4.75. The zero-order valence-electron chi connectivity index (χ0n) is 14.7. The smallest absolute Gasteiger partial charge is 0.207 e. The summed E-state index contributed by atoms with van der Waals surface area (Å²) in [5, 5.41) is 9.35. The maximum Gasteiger partial charge on any atom is 0.207 e. The average molecular weight is 387 g/mol. The molecule has 144 valence electrons. The highest BCUT2D eigenvalue weighted by Crippen LogP contribution is 2.29. The highest BCUT2D eigenvalue weighted by atomic mass is 19.1. The Bertz CT molecular complexity index is 1060. The van der Waals surface area contributed by atoms with Crippen LogP contribution in [0.2, 0.25) is 0 Å². The molecule has 0 amide bonds. The lowest BCUT2D eigenvalue weighted by Gasteiger charge is -2.34. The fraction of sp³-hybridized carbons (Fsp3) is 0.333. The van der Waals surface area contributed by atoms with Crippen molar-refractivity contribution in [1.29, 1.82) is 5.26 Å². The highest BCUT2D eigenvalue weighted by molar-refractivity contribution is 5.84. The lowest BCUT2D eigenvalue weighted by atomic mass is 10.1. The fourth-order valence-corrected chi connectivity index (χ4v) is 3.36. The largest absolute Gasteiger partial charge is 0.340 e. The predicted octanol–water partition coefficient (Wildman–Crippen LogP) is 1.90. The van der Waals surface area contributed by atoms with Gasteiger partial charge in [-0.25, -0.2) is 28.1 Å². The van der Waals surface area contributed by atoms with E-state index < -0.39 is 23.8 Å². The van der Waals surface area contributed by atoms with Gasteiger partial charge in [0.2, 0.25) is 5.95 Å². The summed E-state index contributed by atoms with van der Waals surface area (Å²) in [5.41, 5.74) is 6.64. The van der Waals surface area contributed by atoms with E-state index in [-0.39, 0.29) is 30.9 Å². The van der Waals surface area contributed by atoms with Crippen molar-refractivity contribution >= 4 is 17.0 Å². The number of imidazole rings is 1. The summed E-state index contributed by atoms with van der Waals surface area (Å²) in [7, 11) is 0. The molecule has 0 radical (unpaired) electrons. The number of benzene rings is 1. The molecule has 0 aliphatic carbocycles. The van der Waals surface area contributed by atoms with E-state index in [1.54, 1.807) is 9.47 Å². The molecule has 0 saturated carbocycles. The topological polar surface area (TPSA) is 96.7 Å². The van der Waals surface area contributed by atoms with Crippen molar-refractivity contribution in [3.63, 3.8) is 0 Å². The van der Waals surface area contributed by atoms with Crippen LogP contribution in [-0.2, 0) is 6.54 Å². The molecule has 1 aromatic carbocycles. The quantitative estimate of drug-likeness (QED) is 0.737. The van der Waals surface area contributed by atoms with E-state index >= 15 is 0 Å². The van der Waals surface area contributed by atoms with Crippen molar-refractivity contribution in [3.8, 4) is 6.07 Å². The van der Waals surface area contributed by atoms with Gasteiger partial charge in [0.15, 0.2) is 5.82 Å². The Morgan fingerprint density at radius 1 is 1.21 bits per heavy atom. The molecule has 7 nitrogen and oxygen atoms in total. The molecule has 1 aliphatic heterocycles. The first kappa shape index (κ1) is 18.2. The van der Waals surface area contributed by atoms with Crippen LogP contribution in [0.3, 0.4) is 0 Å². The minimum Gasteiger partial charge on any atom is -0.340 e. The molecule has 3 heterocycles. The molecule has 28 heavy (non-hydrogen) atoms. The number of anilines is 1. The molecule has 10 heteroatoms. The molecule has 2 aromatic heterocycles. The van der Waals surface area contributed by atoms with E-state index in [1.165, 1.54) is 6.07 Å². The van der Waals surface area contributed by atoms with Crippen LogP contribution in [0, 0.1) is 23.0 Å². The van der Waals surface area contributed by atoms with Gasteiger partial charge in [-0.05, 0) is 18.6 Å². The minimum atomic E-state index is -1.11. The molecular weight excluding hydrogens is 371 g/mol. The standard InChI is InChI=1S/C18H16F3N7/c19-11-3-10(5-22)17-15(4-11)28(9-16-24-6-12(20)7-25-16)18(26-17)27-2-1-13(21)14(23)8-27/h3-4,6-7,13-14H,1-2,8-9,23H2/t13-,14+/m0/s1. The number of rotatable bonds is 3. The third kappa shape index (κ3) is 3.25. The Labute approximate surface area is 158 Å². The van der Waals surface area contributed by atoms with Gasteiger partial charge in [-0.1, -0.05) is 0 Å². The highest BCUT2D eigenvalue weighted by Gasteiger charge is 2.30. The Balaban J connectivity index is 1.85. The molecule has 2 atom stereocenters. The first-order valence-corrected chi connectivity index (χ1v) is 8.67. The van der Waals surface area contributed by atoms with E-state index in [4.69, 9.17) is 5.73 Å². The van der Waals surface area contributed by atoms with Crippen molar-refractivity contribution < 1.29 is 13.2 Å². The Hall–Kier alpha value is -3.19. The van der Waals surface area contributed by atoms with E-state index in [1.807, 2.05) is 6.07 Å². The Morgan fingerprint density at radius 2 is 1.96 bits per heavy atom. The number of piperidine rings is 1. The van der Waals surface area contributed by atoms with Crippen LogP contribution in [0.15, 0.2) is 24.5 Å². The molecule has 1 fully saturated rings. The summed E-state index contributed by atoms with van der Waals surface area (Å²) in [4.78, 5) is 14.2. The summed E-state index contributed by atoms with van der Waals surface area (Å²) in [6.45, 7) is 0.664. The molecule has 0 bridgehead atoms. The van der Waals surface area contributed by atoms with Gasteiger partial charge in [-0.3, -0.25) is 0 Å². The molecule has 0 unspecified atom stereocenters. The second kappa shape index (κ2) is 7.09. The maximum atomic E-state index is 14.1. The molecule has 1 aliphatic rings. The lowest BCUT2D eigenvalue weighted by Crippen LogP contribution is -2.50. The summed E-state index contributed by atoms with van der Waals surface area (Å²) < 4.78 is 42.6. The van der Waals surface area contributed by atoms with Gasteiger partial charge in [0.25, 0.3) is 0 Å². The van der Waals surface area contributed by atoms with Crippen LogP contribution < -0.4 is 10.6 Å². The van der Waals surface area contributed by atoms with E-state index in [2.05, 4.69) is 15.0 Å². The zero-order chi connectivity index (χ0) is 19.8. The molecule has 4 rings (SSSR count). The summed E-state index contributed by atoms with van der Waals surface area (Å²) in [5.74, 6) is -0.467. The normalized spacial score (nSPS) is 19.8. The van der Waals surface area contributed by atoms with Crippen LogP contribution in [0.4, 0.5) is 19.1 Å². The maximum absolute atomic E-state index is 14.1. The molecule has 2 N–H and O–H groups in total. The van der Waals surface area contributed by atoms with E-state index in [0.717, 1.165) is 18.5 Å². The number of halogens is 3. The number of nitriles is 1. The van der Waals surface area contributed by atoms with Crippen molar-refractivity contribution in [3.05, 3.63) is 47.5 Å². The van der Waals surface area contributed by atoms with Gasteiger partial charge in [0.05, 0.1) is 36.1 Å². The summed E-state index contributed by atoms with van der Waals surface area (Å²) in [6, 6.07) is 3.63. The van der Waals surface area contributed by atoms with Crippen LogP contribution in [-0.4, -0.2) is 44.8 Å². The second-order valence-electron chi connectivity index (χ2n) is 6.66. The van der Waals surface area contributed by atoms with Crippen LogP contribution in [0.25, 0.3) is 11.0 Å². The fourth-order valence-electron chi connectivity index (χ4n) is 3.36. The lowest BCUT2D eigenvalue weighted by molar-refractivity contribution is 0.243. The number of hydrogen-bond donors (Lipinski definition) is 1. The molecular formula is C18H16F3N7. The van der Waals surface area contributed by atoms with Crippen molar-refractivity contribution in [2.45, 2.75) is 25.2 Å². The Morgan fingerprint density at radius 3 is 2.64 bits per heavy atom. The number of alkyl halides is 1. The third-order valence-corrected chi connectivity index (χ3v) is 4.75. The molecule has 1 saturated heterocycles. The molecule has 0 spiro atoms. The Kier molecular flexibility index (Phi) is 4.60. The van der Waals surface area contributed by atoms with Gasteiger partial charge in [-0.2, -0.15) is 5.26 Å². The van der Waals surface area contributed by atoms with Crippen molar-refractivity contribution in [2.24, 2.45) is 5.73 Å². The first-order chi connectivity index (χ1) is 13.5. The monoisotopic (exact) mass is 387 g/mol. The summed E-state index contributed by atoms with van der Waals surface area (Å²) in [6.07, 6.45) is 1.19. The van der Waals surface area contributed by atoms with Gasteiger partial charge >= 0.3 is 0 Å². The SMILES string of the molecule is N#Cc1cc(F)cc2c1nc(N1CC[C@H](F)[C@H](N)C1)n2Cc1ncc(F)cn1. The van der Waals surface area contributed by atoms with E-state index in [0.29, 0.717) is 23.5 Å². The van der Waals surface area contributed by atoms with Gasteiger partial charge in [0, 0.05) is 13.1 Å². The number of fused-ring (bicyclic) bond motifs is 1. The van der Waals surface area contributed by atoms with Crippen LogP contribution in [0.5, 0.6) is 0 Å².